The average Bonchev–Trinajstić information content (AvgIpc) is 3.62. The number of halogens is 2. The second kappa shape index (κ2) is 14.8. The molecule has 0 amide bonds. The summed E-state index contributed by atoms with van der Waals surface area (Å²) in [6.45, 7) is 20.6. The summed E-state index contributed by atoms with van der Waals surface area (Å²) in [5, 5.41) is 0. The Kier molecular flexibility index (Phi) is 12.5. The molecule has 3 heteroatoms. The molecule has 0 bridgehead atoms. The summed E-state index contributed by atoms with van der Waals surface area (Å²) >= 11 is 1.69. The Hall–Kier alpha value is -1.40. The van der Waals surface area contributed by atoms with Crippen LogP contribution in [0.4, 0.5) is 0 Å². The van der Waals surface area contributed by atoms with Crippen molar-refractivity contribution in [3.63, 3.8) is 0 Å². The summed E-state index contributed by atoms with van der Waals surface area (Å²) in [7, 11) is 0. The van der Waals surface area contributed by atoms with Gasteiger partial charge in [0.2, 0.25) is 0 Å². The normalized spacial score (nSPS) is 19.5. The molecule has 0 heterocycles. The zero-order valence-corrected chi connectivity index (χ0v) is 33.1. The van der Waals surface area contributed by atoms with Gasteiger partial charge in [-0.1, -0.05) is 89.1 Å². The van der Waals surface area contributed by atoms with Crippen LogP contribution in [0, 0.1) is 17.9 Å². The first-order valence-corrected chi connectivity index (χ1v) is 17.8. The van der Waals surface area contributed by atoms with E-state index in [9.17, 15) is 0 Å². The van der Waals surface area contributed by atoms with E-state index in [1.807, 2.05) is 0 Å². The van der Waals surface area contributed by atoms with Crippen molar-refractivity contribution in [2.75, 3.05) is 0 Å². The molecule has 45 heavy (non-hydrogen) atoms. The predicted molar refractivity (Wildman–Crippen MR) is 185 cm³/mol. The Morgan fingerprint density at radius 1 is 0.756 bits per heavy atom. The number of fused-ring (bicyclic) bond motifs is 5. The van der Waals surface area contributed by atoms with E-state index in [0.717, 1.165) is 19.3 Å². The first-order valence-electron chi connectivity index (χ1n) is 16.6. The van der Waals surface area contributed by atoms with Gasteiger partial charge < -0.3 is 24.8 Å². The van der Waals surface area contributed by atoms with Gasteiger partial charge in [-0.2, -0.15) is 17.2 Å². The number of hydrogen-bond donors (Lipinski definition) is 0. The Labute approximate surface area is 302 Å². The fourth-order valence-electron chi connectivity index (χ4n) is 7.07. The molecule has 0 radical (unpaired) electrons. The number of rotatable bonds is 0. The zero-order valence-electron chi connectivity index (χ0n) is 29.1. The topological polar surface area (TPSA) is 0 Å². The first-order chi connectivity index (χ1) is 20.2. The van der Waals surface area contributed by atoms with Gasteiger partial charge in [-0.15, -0.1) is 18.9 Å². The minimum atomic E-state index is 0. The van der Waals surface area contributed by atoms with Gasteiger partial charge in [0.15, 0.2) is 0 Å². The molecule has 0 aromatic heterocycles. The predicted octanol–water partition coefficient (Wildman–Crippen LogP) is 5.64. The van der Waals surface area contributed by atoms with Gasteiger partial charge in [-0.3, -0.25) is 6.08 Å². The summed E-state index contributed by atoms with van der Waals surface area (Å²) in [5.74, 6) is 0. The van der Waals surface area contributed by atoms with Crippen molar-refractivity contribution in [3.8, 4) is 11.1 Å². The van der Waals surface area contributed by atoms with E-state index in [4.69, 9.17) is 0 Å². The van der Waals surface area contributed by atoms with E-state index in [-0.39, 0.29) is 35.6 Å². The Morgan fingerprint density at radius 3 is 1.82 bits per heavy atom. The molecule has 7 rings (SSSR count). The molecule has 1 saturated carbocycles. The van der Waals surface area contributed by atoms with Crippen LogP contribution in [0.25, 0.3) is 22.3 Å². The SMILES string of the molecule is CC(C)(C)C1=CC[C-]=C1.CC1=C[CH-]C(C)(C)c2cc3c(cc21)-c1cc2c(cc1C3)C(C)(C)CC=C2C.[Cl-].[Cl-].[Zr+2]=[C]1CCCCC1. The van der Waals surface area contributed by atoms with Gasteiger partial charge >= 0.3 is 59.5 Å². The summed E-state index contributed by atoms with van der Waals surface area (Å²) in [5.41, 5.74) is 16.7. The molecule has 0 aliphatic heterocycles. The second-order valence-electron chi connectivity index (χ2n) is 15.6. The van der Waals surface area contributed by atoms with Gasteiger partial charge in [-0.25, -0.2) is 18.6 Å². The number of allylic oxidation sites excluding steroid dienone is 8. The summed E-state index contributed by atoms with van der Waals surface area (Å²) in [6, 6.07) is 9.95. The van der Waals surface area contributed by atoms with E-state index >= 15 is 0 Å². The van der Waals surface area contributed by atoms with Crippen LogP contribution in [0.1, 0.15) is 141 Å². The molecule has 0 N–H and O–H groups in total. The molecular formula is C42H52Cl2Zr-2. The van der Waals surface area contributed by atoms with Gasteiger partial charge in [-0.05, 0) is 70.2 Å². The molecule has 1 fully saturated rings. The number of hydrogen-bond acceptors (Lipinski definition) is 0. The van der Waals surface area contributed by atoms with Gasteiger partial charge in [0.05, 0.1) is 0 Å². The Balaban J connectivity index is 0.000000253. The molecule has 5 aliphatic carbocycles. The number of benzene rings is 2. The van der Waals surface area contributed by atoms with Crippen molar-refractivity contribution in [3.05, 3.63) is 100 Å². The van der Waals surface area contributed by atoms with Gasteiger partial charge in [0, 0.05) is 0 Å². The fraction of sp³-hybridized carbons (Fsp3) is 0.476. The molecule has 2 aromatic rings. The third-order valence-electron chi connectivity index (χ3n) is 10.1. The summed E-state index contributed by atoms with van der Waals surface area (Å²) in [4.78, 5) is 0. The second-order valence-corrected chi connectivity index (χ2v) is 17.4. The molecule has 240 valence electrons. The van der Waals surface area contributed by atoms with Crippen molar-refractivity contribution in [2.45, 2.75) is 125 Å². The van der Waals surface area contributed by atoms with E-state index < -0.39 is 0 Å². The monoisotopic (exact) mass is 716 g/mol. The molecule has 0 atom stereocenters. The van der Waals surface area contributed by atoms with Gasteiger partial charge in [0.25, 0.3) is 0 Å². The average molecular weight is 719 g/mol. The zero-order chi connectivity index (χ0) is 31.2. The van der Waals surface area contributed by atoms with Crippen LogP contribution in [-0.2, 0) is 41.5 Å². The molecule has 0 nitrogen and oxygen atoms in total. The maximum absolute atomic E-state index is 3.16. The standard InChI is InChI=1S/C27H29.C9H13.C6H10.2ClH.Zr/c1-16-7-9-26(3,4)24-12-18-11-19-13-25-21(17(2)8-10-27(25,5)6)15-23(19)22(18)14-20(16)24;1-9(2,3)8-6-4-5-7-8;1-2-4-6-5-3-1;;;/h7-9,12-15H,10-11H2,1-6H3;6-7H,4H2,1-3H3;1-5H2;2*1H;/q2*-1;;;;+2/p-2. The van der Waals surface area contributed by atoms with Gasteiger partial charge in [0.1, 0.15) is 0 Å². The third kappa shape index (κ3) is 8.37. The van der Waals surface area contributed by atoms with Crippen LogP contribution in [0.5, 0.6) is 0 Å². The van der Waals surface area contributed by atoms with Crippen molar-refractivity contribution < 1.29 is 49.0 Å². The van der Waals surface area contributed by atoms with E-state index in [2.05, 4.69) is 123 Å². The Bertz CT molecular complexity index is 1460. The Morgan fingerprint density at radius 2 is 1.33 bits per heavy atom. The quantitative estimate of drug-likeness (QED) is 0.264. The maximum atomic E-state index is 3.16. The molecule has 2 aromatic carbocycles. The molecule has 5 aliphatic rings. The fourth-order valence-corrected chi connectivity index (χ4v) is 7.94. The van der Waals surface area contributed by atoms with E-state index in [0.29, 0.717) is 5.41 Å². The van der Waals surface area contributed by atoms with Crippen LogP contribution >= 0.6 is 0 Å². The molecule has 0 saturated heterocycles. The molecular weight excluding hydrogens is 667 g/mol. The van der Waals surface area contributed by atoms with E-state index in [1.54, 1.807) is 27.4 Å². The molecule has 0 unspecified atom stereocenters. The van der Waals surface area contributed by atoms with Crippen molar-refractivity contribution >= 4 is 14.4 Å². The van der Waals surface area contributed by atoms with Crippen molar-refractivity contribution in [1.29, 1.82) is 0 Å². The van der Waals surface area contributed by atoms with Crippen LogP contribution in [0.15, 0.2) is 54.1 Å². The van der Waals surface area contributed by atoms with Crippen molar-refractivity contribution in [2.24, 2.45) is 5.41 Å². The van der Waals surface area contributed by atoms with Crippen molar-refractivity contribution in [1.82, 2.24) is 0 Å². The minimum absolute atomic E-state index is 0. The molecule has 0 spiro atoms. The van der Waals surface area contributed by atoms with Crippen LogP contribution < -0.4 is 24.8 Å². The van der Waals surface area contributed by atoms with Crippen LogP contribution in [0.2, 0.25) is 0 Å². The third-order valence-corrected chi connectivity index (χ3v) is 11.3. The first kappa shape index (κ1) is 38.1. The summed E-state index contributed by atoms with van der Waals surface area (Å²) < 4.78 is 1.80. The van der Waals surface area contributed by atoms with Crippen LogP contribution in [-0.4, -0.2) is 3.21 Å². The van der Waals surface area contributed by atoms with Crippen LogP contribution in [0.3, 0.4) is 0 Å². The summed E-state index contributed by atoms with van der Waals surface area (Å²) in [6.07, 6.45) is 25.1. The van der Waals surface area contributed by atoms with E-state index in [1.165, 1.54) is 93.3 Å².